The van der Waals surface area contributed by atoms with Crippen LogP contribution in [0.4, 0.5) is 11.4 Å². The molecule has 0 amide bonds. The van der Waals surface area contributed by atoms with Crippen LogP contribution in [0.3, 0.4) is 0 Å². The van der Waals surface area contributed by atoms with E-state index in [4.69, 9.17) is 10.5 Å². The van der Waals surface area contributed by atoms with Gasteiger partial charge in [-0.15, -0.1) is 0 Å². The molecule has 2 aromatic rings. The summed E-state index contributed by atoms with van der Waals surface area (Å²) in [5.74, 6) is 0.737. The van der Waals surface area contributed by atoms with Gasteiger partial charge in [0.05, 0.1) is 23.7 Å². The summed E-state index contributed by atoms with van der Waals surface area (Å²) in [5, 5.41) is 10.4. The second kappa shape index (κ2) is 7.02. The topological polar surface area (TPSA) is 76.0 Å². The minimum absolute atomic E-state index is 0.117. The van der Waals surface area contributed by atoms with Crippen molar-refractivity contribution < 1.29 is 4.74 Å². The highest BCUT2D eigenvalue weighted by atomic mass is 16.5. The van der Waals surface area contributed by atoms with E-state index < -0.39 is 0 Å². The van der Waals surface area contributed by atoms with E-state index in [2.05, 4.69) is 15.5 Å². The molecule has 0 saturated heterocycles. The Kier molecular flexibility index (Phi) is 5.09. The molecule has 0 fully saturated rings. The zero-order valence-corrected chi connectivity index (χ0v) is 12.9. The van der Waals surface area contributed by atoms with Gasteiger partial charge in [0.15, 0.2) is 0 Å². The van der Waals surface area contributed by atoms with Gasteiger partial charge in [0.2, 0.25) is 0 Å². The Labute approximate surface area is 125 Å². The maximum Gasteiger partial charge on any atom is 0.144 e. The van der Waals surface area contributed by atoms with E-state index in [-0.39, 0.29) is 6.10 Å². The molecule has 5 heteroatoms. The third-order valence-electron chi connectivity index (χ3n) is 3.30. The van der Waals surface area contributed by atoms with Gasteiger partial charge in [-0.25, -0.2) is 0 Å². The molecule has 0 aliphatic carbocycles. The highest BCUT2D eigenvalue weighted by Gasteiger charge is 2.07. The van der Waals surface area contributed by atoms with E-state index in [9.17, 15) is 0 Å². The van der Waals surface area contributed by atoms with E-state index >= 15 is 0 Å². The number of ether oxygens (including phenoxy) is 1. The number of hydrogen-bond donors (Lipinski definition) is 3. The van der Waals surface area contributed by atoms with Gasteiger partial charge in [-0.1, -0.05) is 6.07 Å². The summed E-state index contributed by atoms with van der Waals surface area (Å²) in [4.78, 5) is 0. The van der Waals surface area contributed by atoms with Gasteiger partial charge in [-0.05, 0) is 51.3 Å². The van der Waals surface area contributed by atoms with Gasteiger partial charge in [0, 0.05) is 12.2 Å². The number of benzene rings is 1. The molecule has 0 atom stereocenters. The highest BCUT2D eigenvalue weighted by Crippen LogP contribution is 2.30. The molecule has 1 heterocycles. The molecule has 1 aromatic carbocycles. The molecule has 5 nitrogen and oxygen atoms in total. The molecule has 0 saturated carbocycles. The third-order valence-corrected chi connectivity index (χ3v) is 3.30. The molecule has 0 radical (unpaired) electrons. The van der Waals surface area contributed by atoms with Crippen molar-refractivity contribution in [3.05, 3.63) is 35.7 Å². The number of aryl methyl sites for hydroxylation is 2. The Morgan fingerprint density at radius 3 is 2.86 bits per heavy atom. The number of para-hydroxylation sites is 1. The number of nitrogens with one attached hydrogen (secondary N) is 2. The summed E-state index contributed by atoms with van der Waals surface area (Å²) in [6.45, 7) is 6.89. The van der Waals surface area contributed by atoms with Gasteiger partial charge in [0.1, 0.15) is 5.75 Å². The fraction of sp³-hybridized carbons (Fsp3) is 0.438. The van der Waals surface area contributed by atoms with E-state index in [0.717, 1.165) is 36.5 Å². The van der Waals surface area contributed by atoms with Crippen LogP contribution in [-0.2, 0) is 6.42 Å². The molecule has 2 rings (SSSR count). The first-order valence-corrected chi connectivity index (χ1v) is 7.35. The number of nitrogens with two attached hydrogens (primary N) is 1. The quantitative estimate of drug-likeness (QED) is 0.540. The number of aromatic nitrogens is 2. The molecule has 0 spiro atoms. The Bertz CT molecular complexity index is 577. The van der Waals surface area contributed by atoms with Crippen molar-refractivity contribution in [2.45, 2.75) is 39.7 Å². The van der Waals surface area contributed by atoms with Crippen LogP contribution in [-0.4, -0.2) is 22.8 Å². The van der Waals surface area contributed by atoms with E-state index in [1.54, 1.807) is 0 Å². The monoisotopic (exact) mass is 288 g/mol. The maximum atomic E-state index is 6.13. The number of hydrogen-bond acceptors (Lipinski definition) is 4. The van der Waals surface area contributed by atoms with Crippen molar-refractivity contribution in [1.82, 2.24) is 10.2 Å². The summed E-state index contributed by atoms with van der Waals surface area (Å²) in [6.07, 6.45) is 4.03. The van der Waals surface area contributed by atoms with Crippen LogP contribution in [0.15, 0.2) is 24.4 Å². The van der Waals surface area contributed by atoms with Crippen LogP contribution in [0.2, 0.25) is 0 Å². The van der Waals surface area contributed by atoms with E-state index in [1.807, 2.05) is 45.2 Å². The molecule has 114 valence electrons. The van der Waals surface area contributed by atoms with E-state index in [0.29, 0.717) is 5.69 Å². The molecule has 4 N–H and O–H groups in total. The van der Waals surface area contributed by atoms with Gasteiger partial charge >= 0.3 is 0 Å². The minimum Gasteiger partial charge on any atom is -0.489 e. The van der Waals surface area contributed by atoms with Crippen LogP contribution in [0.5, 0.6) is 5.75 Å². The van der Waals surface area contributed by atoms with E-state index in [1.165, 1.54) is 5.56 Å². The first-order chi connectivity index (χ1) is 10.1. The number of aromatic amines is 1. The lowest BCUT2D eigenvalue weighted by Crippen LogP contribution is -2.10. The highest BCUT2D eigenvalue weighted by molar-refractivity contribution is 5.72. The lowest BCUT2D eigenvalue weighted by atomic mass is 10.1. The van der Waals surface area contributed by atoms with Crippen molar-refractivity contribution in [3.63, 3.8) is 0 Å². The van der Waals surface area contributed by atoms with Crippen molar-refractivity contribution in [3.8, 4) is 5.75 Å². The smallest absolute Gasteiger partial charge is 0.144 e. The number of H-pyrrole nitrogens is 1. The van der Waals surface area contributed by atoms with Crippen molar-refractivity contribution in [2.75, 3.05) is 17.6 Å². The summed E-state index contributed by atoms with van der Waals surface area (Å²) in [7, 11) is 0. The fourth-order valence-corrected chi connectivity index (χ4v) is 2.18. The average Bonchev–Trinajstić information content (AvgIpc) is 2.84. The average molecular weight is 288 g/mol. The lowest BCUT2D eigenvalue weighted by Gasteiger charge is -2.15. The molecular weight excluding hydrogens is 264 g/mol. The summed E-state index contributed by atoms with van der Waals surface area (Å²) < 4.78 is 5.69. The van der Waals surface area contributed by atoms with Gasteiger partial charge in [-0.2, -0.15) is 5.10 Å². The van der Waals surface area contributed by atoms with Gasteiger partial charge in [0.25, 0.3) is 0 Å². The third kappa shape index (κ3) is 4.15. The predicted molar refractivity (Wildman–Crippen MR) is 86.8 cm³/mol. The Morgan fingerprint density at radius 1 is 1.38 bits per heavy atom. The molecule has 1 aromatic heterocycles. The number of nitrogen functional groups attached to an aromatic ring is 1. The summed E-state index contributed by atoms with van der Waals surface area (Å²) in [5.41, 5.74) is 10.1. The molecule has 0 unspecified atom stereocenters. The Balaban J connectivity index is 1.87. The largest absolute Gasteiger partial charge is 0.489 e. The van der Waals surface area contributed by atoms with Crippen molar-refractivity contribution >= 4 is 11.4 Å². The minimum atomic E-state index is 0.117. The molecule has 0 aliphatic heterocycles. The van der Waals surface area contributed by atoms with Crippen LogP contribution >= 0.6 is 0 Å². The van der Waals surface area contributed by atoms with Crippen LogP contribution in [0, 0.1) is 6.92 Å². The number of nitrogens with zero attached hydrogens (tertiary/aromatic N) is 1. The summed E-state index contributed by atoms with van der Waals surface area (Å²) >= 11 is 0. The standard InChI is InChI=1S/C16H24N4O/c1-11(2)21-15-8-4-7-14(16(15)17)18-9-5-6-13-10-19-20-12(13)3/h4,7-8,10-11,18H,5-6,9,17H2,1-3H3,(H,19,20). The van der Waals surface area contributed by atoms with Crippen molar-refractivity contribution in [1.29, 1.82) is 0 Å². The normalized spacial score (nSPS) is 10.9. The van der Waals surface area contributed by atoms with Gasteiger partial charge < -0.3 is 15.8 Å². The van der Waals surface area contributed by atoms with Crippen molar-refractivity contribution in [2.24, 2.45) is 0 Å². The zero-order chi connectivity index (χ0) is 15.2. The molecule has 21 heavy (non-hydrogen) atoms. The second-order valence-corrected chi connectivity index (χ2v) is 5.43. The summed E-state index contributed by atoms with van der Waals surface area (Å²) in [6, 6.07) is 5.83. The Morgan fingerprint density at radius 2 is 2.19 bits per heavy atom. The first kappa shape index (κ1) is 15.2. The molecular formula is C16H24N4O. The first-order valence-electron chi connectivity index (χ1n) is 7.35. The van der Waals surface area contributed by atoms with Crippen LogP contribution < -0.4 is 15.8 Å². The Hall–Kier alpha value is -2.17. The fourth-order valence-electron chi connectivity index (χ4n) is 2.18. The van der Waals surface area contributed by atoms with Crippen LogP contribution in [0.1, 0.15) is 31.5 Å². The lowest BCUT2D eigenvalue weighted by molar-refractivity contribution is 0.244. The molecule has 0 bridgehead atoms. The number of rotatable bonds is 7. The maximum absolute atomic E-state index is 6.13. The second-order valence-electron chi connectivity index (χ2n) is 5.43. The number of anilines is 2. The molecule has 0 aliphatic rings. The van der Waals surface area contributed by atoms with Gasteiger partial charge in [-0.3, -0.25) is 5.10 Å². The van der Waals surface area contributed by atoms with Crippen LogP contribution in [0.25, 0.3) is 0 Å². The zero-order valence-electron chi connectivity index (χ0n) is 12.9. The predicted octanol–water partition coefficient (Wildman–Crippen LogP) is 3.13. The SMILES string of the molecule is Cc1[nH]ncc1CCCNc1cccc(OC(C)C)c1N.